The van der Waals surface area contributed by atoms with E-state index < -0.39 is 0 Å². The lowest BCUT2D eigenvalue weighted by Gasteiger charge is -2.32. The zero-order valence-corrected chi connectivity index (χ0v) is 24.0. The van der Waals surface area contributed by atoms with E-state index in [1.54, 1.807) is 0 Å². The van der Waals surface area contributed by atoms with Crippen LogP contribution in [-0.4, -0.2) is 9.13 Å². The fourth-order valence-corrected chi connectivity index (χ4v) is 8.01. The molecule has 2 aliphatic carbocycles. The largest absolute Gasteiger partial charge is 0.309 e. The van der Waals surface area contributed by atoms with Gasteiger partial charge in [0.2, 0.25) is 0 Å². The topological polar surface area (TPSA) is 9.86 Å². The van der Waals surface area contributed by atoms with Crippen molar-refractivity contribution in [1.29, 1.82) is 0 Å². The number of hydrogen-bond donors (Lipinski definition) is 0. The first-order valence-electron chi connectivity index (χ1n) is 15.2. The fraction of sp³-hybridized carbons (Fsp3) is 0.150. The molecule has 0 amide bonds. The average molecular weight is 541 g/mol. The molecule has 0 N–H and O–H groups in total. The first-order valence-corrected chi connectivity index (χ1v) is 15.2. The molecule has 2 atom stereocenters. The number of hydrogen-bond acceptors (Lipinski definition) is 0. The van der Waals surface area contributed by atoms with E-state index in [1.807, 2.05) is 0 Å². The second kappa shape index (κ2) is 8.84. The third kappa shape index (κ3) is 3.15. The molecule has 2 heterocycles. The first kappa shape index (κ1) is 23.8. The average Bonchev–Trinajstić information content (AvgIpc) is 3.55. The Hall–Kier alpha value is -4.82. The number of aromatic nitrogens is 2. The molecule has 2 aromatic heterocycles. The highest BCUT2D eigenvalue weighted by molar-refractivity contribution is 6.29. The molecule has 0 bridgehead atoms. The quantitative estimate of drug-likeness (QED) is 0.206. The summed E-state index contributed by atoms with van der Waals surface area (Å²) in [6, 6.07) is 40.1. The van der Waals surface area contributed by atoms with Crippen LogP contribution in [0.15, 0.2) is 127 Å². The summed E-state index contributed by atoms with van der Waals surface area (Å²) in [6.07, 6.45) is 6.94. The van der Waals surface area contributed by atoms with Gasteiger partial charge in [-0.05, 0) is 94.6 Å². The van der Waals surface area contributed by atoms with E-state index >= 15 is 0 Å². The van der Waals surface area contributed by atoms with Crippen LogP contribution in [0.2, 0.25) is 0 Å². The lowest BCUT2D eigenvalue weighted by atomic mass is 9.74. The minimum Gasteiger partial charge on any atom is -0.309 e. The first-order chi connectivity index (χ1) is 20.7. The Bertz CT molecular complexity index is 2260. The maximum absolute atomic E-state index is 2.58. The summed E-state index contributed by atoms with van der Waals surface area (Å²) in [5.74, 6) is 0.969. The fourth-order valence-electron chi connectivity index (χ4n) is 8.01. The van der Waals surface area contributed by atoms with Crippen molar-refractivity contribution in [3.05, 3.63) is 138 Å². The zero-order valence-electron chi connectivity index (χ0n) is 24.0. The third-order valence-corrected chi connectivity index (χ3v) is 9.77. The maximum Gasteiger partial charge on any atom is 0.0549 e. The van der Waals surface area contributed by atoms with Gasteiger partial charge in [-0.1, -0.05) is 92.7 Å². The molecule has 9 rings (SSSR count). The van der Waals surface area contributed by atoms with Crippen LogP contribution < -0.4 is 0 Å². The standard InChI is InChI=1S/C40H32N2/c1-25-12-11-19-30-26(2)24-32-38-34(42(40(32)36(25)30)29-16-7-4-8-17-29)22-23-35-39(38)37-31-18-10-9-13-27(31)20-21-33(37)41(35)28-14-5-3-6-15-28/h3-11,13-23,25-26H,12,24H2,1-2H3. The lowest BCUT2D eigenvalue weighted by Crippen LogP contribution is -2.20. The Morgan fingerprint density at radius 1 is 0.571 bits per heavy atom. The van der Waals surface area contributed by atoms with Crippen LogP contribution in [0.4, 0.5) is 0 Å². The van der Waals surface area contributed by atoms with Gasteiger partial charge in [0, 0.05) is 27.5 Å². The summed E-state index contributed by atoms with van der Waals surface area (Å²) in [4.78, 5) is 0. The monoisotopic (exact) mass is 540 g/mol. The normalized spacial score (nSPS) is 18.3. The summed E-state index contributed by atoms with van der Waals surface area (Å²) in [5, 5.41) is 6.76. The van der Waals surface area contributed by atoms with E-state index in [9.17, 15) is 0 Å². The number of benzene rings is 5. The second-order valence-electron chi connectivity index (χ2n) is 12.2. The van der Waals surface area contributed by atoms with Crippen molar-refractivity contribution in [1.82, 2.24) is 9.13 Å². The van der Waals surface area contributed by atoms with Gasteiger partial charge in [0.15, 0.2) is 0 Å². The molecule has 5 aromatic carbocycles. The predicted octanol–water partition coefficient (Wildman–Crippen LogP) is 10.4. The molecule has 0 radical (unpaired) electrons. The van der Waals surface area contributed by atoms with Gasteiger partial charge in [0.1, 0.15) is 0 Å². The van der Waals surface area contributed by atoms with Crippen LogP contribution in [0.5, 0.6) is 0 Å². The predicted molar refractivity (Wildman–Crippen MR) is 178 cm³/mol. The van der Waals surface area contributed by atoms with Crippen molar-refractivity contribution in [3.8, 4) is 11.4 Å². The summed E-state index contributed by atoms with van der Waals surface area (Å²) in [7, 11) is 0. The highest BCUT2D eigenvalue weighted by Crippen LogP contribution is 2.50. The summed E-state index contributed by atoms with van der Waals surface area (Å²) < 4.78 is 5.06. The molecule has 7 aromatic rings. The van der Waals surface area contributed by atoms with Crippen LogP contribution >= 0.6 is 0 Å². The van der Waals surface area contributed by atoms with Crippen molar-refractivity contribution >= 4 is 49.1 Å². The highest BCUT2D eigenvalue weighted by Gasteiger charge is 2.34. The second-order valence-corrected chi connectivity index (χ2v) is 12.2. The lowest BCUT2D eigenvalue weighted by molar-refractivity contribution is 0.641. The third-order valence-electron chi connectivity index (χ3n) is 9.77. The molecule has 202 valence electrons. The summed E-state index contributed by atoms with van der Waals surface area (Å²) in [6.45, 7) is 4.84. The minimum atomic E-state index is 0.482. The number of nitrogens with zero attached hydrogens (tertiary/aromatic N) is 2. The Labute approximate surface area is 245 Å². The van der Waals surface area contributed by atoms with Gasteiger partial charge in [-0.15, -0.1) is 0 Å². The van der Waals surface area contributed by atoms with Crippen LogP contribution in [0, 0.1) is 11.8 Å². The number of fused-ring (bicyclic) bond motifs is 10. The van der Waals surface area contributed by atoms with E-state index in [4.69, 9.17) is 0 Å². The van der Waals surface area contributed by atoms with Crippen LogP contribution in [0.1, 0.15) is 31.5 Å². The van der Waals surface area contributed by atoms with Crippen molar-refractivity contribution in [2.45, 2.75) is 26.7 Å². The van der Waals surface area contributed by atoms with E-state index in [0.29, 0.717) is 11.8 Å². The van der Waals surface area contributed by atoms with Gasteiger partial charge in [-0.2, -0.15) is 0 Å². The number of allylic oxidation sites excluding steroid dienone is 4. The van der Waals surface area contributed by atoms with Crippen molar-refractivity contribution in [2.24, 2.45) is 11.8 Å². The van der Waals surface area contributed by atoms with Crippen molar-refractivity contribution in [2.75, 3.05) is 0 Å². The minimum absolute atomic E-state index is 0.482. The maximum atomic E-state index is 2.58. The molecule has 2 nitrogen and oxygen atoms in total. The summed E-state index contributed by atoms with van der Waals surface area (Å²) >= 11 is 0. The number of para-hydroxylation sites is 2. The van der Waals surface area contributed by atoms with Crippen LogP contribution in [0.3, 0.4) is 0 Å². The number of rotatable bonds is 2. The molecule has 42 heavy (non-hydrogen) atoms. The van der Waals surface area contributed by atoms with Gasteiger partial charge >= 0.3 is 0 Å². The Balaban J connectivity index is 1.55. The van der Waals surface area contributed by atoms with Crippen LogP contribution in [0.25, 0.3) is 60.4 Å². The van der Waals surface area contributed by atoms with E-state index in [0.717, 1.165) is 12.8 Å². The van der Waals surface area contributed by atoms with E-state index in [1.165, 1.54) is 77.3 Å². The molecule has 0 spiro atoms. The highest BCUT2D eigenvalue weighted by atomic mass is 15.0. The summed E-state index contributed by atoms with van der Waals surface area (Å²) in [5.41, 5.74) is 12.3. The zero-order chi connectivity index (χ0) is 27.9. The molecule has 2 heteroatoms. The smallest absolute Gasteiger partial charge is 0.0549 e. The van der Waals surface area contributed by atoms with Crippen molar-refractivity contribution < 1.29 is 0 Å². The van der Waals surface area contributed by atoms with E-state index in [2.05, 4.69) is 144 Å². The molecular weight excluding hydrogens is 508 g/mol. The van der Waals surface area contributed by atoms with Gasteiger partial charge in [0.05, 0.1) is 22.2 Å². The van der Waals surface area contributed by atoms with E-state index in [-0.39, 0.29) is 0 Å². The molecule has 0 aliphatic heterocycles. The van der Waals surface area contributed by atoms with Crippen molar-refractivity contribution in [3.63, 3.8) is 0 Å². The SMILES string of the molecule is CC1Cc2c(n(-c3ccccc3)c3ccc4c(c23)c2c3ccccc3ccc2n4-c2ccccc2)C2=C1C=CCC2C. The molecule has 0 saturated carbocycles. The van der Waals surface area contributed by atoms with Gasteiger partial charge < -0.3 is 9.13 Å². The van der Waals surface area contributed by atoms with Crippen LogP contribution in [-0.2, 0) is 6.42 Å². The Morgan fingerprint density at radius 3 is 1.95 bits per heavy atom. The molecular formula is C40H32N2. The molecule has 2 aliphatic rings. The van der Waals surface area contributed by atoms with Gasteiger partial charge in [-0.25, -0.2) is 0 Å². The van der Waals surface area contributed by atoms with Gasteiger partial charge in [0.25, 0.3) is 0 Å². The molecule has 2 unspecified atom stereocenters. The Morgan fingerprint density at radius 2 is 1.19 bits per heavy atom. The van der Waals surface area contributed by atoms with Gasteiger partial charge in [-0.3, -0.25) is 0 Å². The molecule has 0 saturated heterocycles. The Kier molecular flexibility index (Phi) is 5.02. The molecule has 0 fully saturated rings.